The summed E-state index contributed by atoms with van der Waals surface area (Å²) in [6, 6.07) is 11.3. The first-order valence-electron chi connectivity index (χ1n) is 13.6. The zero-order chi connectivity index (χ0) is 26.1. The number of allylic oxidation sites excluding steroid dienone is 2. The predicted molar refractivity (Wildman–Crippen MR) is 147 cm³/mol. The van der Waals surface area contributed by atoms with E-state index >= 15 is 0 Å². The Hall–Kier alpha value is -2.70. The smallest absolute Gasteiger partial charge is 0.234 e. The SMILES string of the molecule is CCC/C(=C\c1cccc(O)c1)CC[C@H]1OC[C@H]2C1=C(C(C)C)C[C@H]1C(=O)N(Cc3cccs3)C(=O)[C@H]12. The molecule has 2 fully saturated rings. The lowest BCUT2D eigenvalue weighted by Crippen LogP contribution is -2.35. The summed E-state index contributed by atoms with van der Waals surface area (Å²) >= 11 is 1.59. The lowest BCUT2D eigenvalue weighted by Gasteiger charge is -2.33. The average Bonchev–Trinajstić information content (AvgIpc) is 3.58. The molecule has 196 valence electrons. The summed E-state index contributed by atoms with van der Waals surface area (Å²) in [7, 11) is 0. The second-order valence-electron chi connectivity index (χ2n) is 10.9. The monoisotopic (exact) mass is 519 g/mol. The molecule has 1 aromatic heterocycles. The zero-order valence-corrected chi connectivity index (χ0v) is 22.8. The van der Waals surface area contributed by atoms with Crippen LogP contribution in [-0.4, -0.2) is 34.5 Å². The second-order valence-corrected chi connectivity index (χ2v) is 12.0. The fourth-order valence-corrected chi connectivity index (χ4v) is 7.19. The predicted octanol–water partition coefficient (Wildman–Crippen LogP) is 6.59. The van der Waals surface area contributed by atoms with Gasteiger partial charge in [-0.15, -0.1) is 11.3 Å². The van der Waals surface area contributed by atoms with Crippen molar-refractivity contribution in [2.75, 3.05) is 6.61 Å². The number of fused-ring (bicyclic) bond motifs is 3. The van der Waals surface area contributed by atoms with Crippen molar-refractivity contribution in [3.8, 4) is 5.75 Å². The van der Waals surface area contributed by atoms with Gasteiger partial charge in [-0.05, 0) is 66.3 Å². The van der Waals surface area contributed by atoms with E-state index in [9.17, 15) is 14.7 Å². The van der Waals surface area contributed by atoms with E-state index in [2.05, 4.69) is 26.8 Å². The topological polar surface area (TPSA) is 66.8 Å². The van der Waals surface area contributed by atoms with E-state index in [0.717, 1.165) is 36.1 Å². The maximum absolute atomic E-state index is 13.6. The number of imide groups is 1. The molecule has 5 rings (SSSR count). The molecule has 2 saturated heterocycles. The Morgan fingerprint density at radius 1 is 1.16 bits per heavy atom. The summed E-state index contributed by atoms with van der Waals surface area (Å²) in [6.07, 6.45) is 6.66. The normalized spacial score (nSPS) is 25.8. The summed E-state index contributed by atoms with van der Waals surface area (Å²) in [5, 5.41) is 11.9. The van der Waals surface area contributed by atoms with Crippen LogP contribution in [0, 0.1) is 23.7 Å². The summed E-state index contributed by atoms with van der Waals surface area (Å²) in [6.45, 7) is 7.48. The Kier molecular flexibility index (Phi) is 7.68. The summed E-state index contributed by atoms with van der Waals surface area (Å²) in [5.41, 5.74) is 4.97. The van der Waals surface area contributed by atoms with Crippen molar-refractivity contribution in [2.45, 2.75) is 65.5 Å². The van der Waals surface area contributed by atoms with Crippen LogP contribution in [0.25, 0.3) is 6.08 Å². The van der Waals surface area contributed by atoms with Gasteiger partial charge in [0.2, 0.25) is 11.8 Å². The first kappa shape index (κ1) is 25.9. The molecule has 5 nitrogen and oxygen atoms in total. The molecular weight excluding hydrogens is 482 g/mol. The van der Waals surface area contributed by atoms with E-state index in [1.165, 1.54) is 21.6 Å². The van der Waals surface area contributed by atoms with E-state index < -0.39 is 0 Å². The van der Waals surface area contributed by atoms with Gasteiger partial charge < -0.3 is 9.84 Å². The van der Waals surface area contributed by atoms with Crippen molar-refractivity contribution in [1.29, 1.82) is 0 Å². The Bertz CT molecular complexity index is 1210. The number of carbonyl (C=O) groups is 2. The number of phenolic OH excluding ortho intramolecular Hbond substituents is 1. The molecule has 1 aliphatic carbocycles. The third kappa shape index (κ3) is 5.19. The molecule has 1 N–H and O–H groups in total. The second kappa shape index (κ2) is 11.0. The van der Waals surface area contributed by atoms with Crippen LogP contribution in [-0.2, 0) is 20.9 Å². The standard InChI is InChI=1S/C31H37NO4S/c1-4-7-20(14-21-8-5-9-22(33)15-21)11-12-27-28-24(19(2)3)16-25-29(26(28)18-36-27)31(35)32(30(25)34)17-23-10-6-13-37-23/h5-6,8-10,13-15,19,25-27,29,33H,4,7,11-12,16-18H2,1-3H3/b20-14+/t25-,26+,27-,29-/m1/s1. The van der Waals surface area contributed by atoms with E-state index in [1.54, 1.807) is 23.5 Å². The number of likely N-dealkylation sites (tertiary alicyclic amines) is 1. The van der Waals surface area contributed by atoms with Gasteiger partial charge in [0.15, 0.2) is 0 Å². The number of rotatable bonds is 9. The summed E-state index contributed by atoms with van der Waals surface area (Å²) in [5.74, 6) is -0.00340. The largest absolute Gasteiger partial charge is 0.508 e. The minimum Gasteiger partial charge on any atom is -0.508 e. The van der Waals surface area contributed by atoms with Crippen LogP contribution >= 0.6 is 11.3 Å². The van der Waals surface area contributed by atoms with Gasteiger partial charge in [0.25, 0.3) is 0 Å². The maximum Gasteiger partial charge on any atom is 0.234 e. The van der Waals surface area contributed by atoms with Gasteiger partial charge in [-0.2, -0.15) is 0 Å². The van der Waals surface area contributed by atoms with E-state index in [4.69, 9.17) is 4.74 Å². The number of thiophene rings is 1. The molecule has 0 bridgehead atoms. The van der Waals surface area contributed by atoms with Gasteiger partial charge >= 0.3 is 0 Å². The highest BCUT2D eigenvalue weighted by Gasteiger charge is 2.57. The number of hydrogen-bond donors (Lipinski definition) is 1. The molecule has 0 spiro atoms. The van der Waals surface area contributed by atoms with Gasteiger partial charge in [0, 0.05) is 10.8 Å². The number of hydrogen-bond acceptors (Lipinski definition) is 5. The van der Waals surface area contributed by atoms with Crippen LogP contribution < -0.4 is 0 Å². The molecule has 1 aromatic carbocycles. The van der Waals surface area contributed by atoms with E-state index in [1.807, 2.05) is 29.6 Å². The van der Waals surface area contributed by atoms with Crippen molar-refractivity contribution in [3.63, 3.8) is 0 Å². The van der Waals surface area contributed by atoms with Crippen molar-refractivity contribution in [2.24, 2.45) is 23.7 Å². The van der Waals surface area contributed by atoms with Gasteiger partial charge in [0.05, 0.1) is 31.1 Å². The lowest BCUT2D eigenvalue weighted by atomic mass is 9.67. The Labute approximate surface area is 223 Å². The van der Waals surface area contributed by atoms with Crippen LogP contribution in [0.1, 0.15) is 63.3 Å². The Morgan fingerprint density at radius 3 is 2.70 bits per heavy atom. The van der Waals surface area contributed by atoms with Crippen LogP contribution in [0.2, 0.25) is 0 Å². The first-order valence-corrected chi connectivity index (χ1v) is 14.5. The first-order chi connectivity index (χ1) is 17.9. The fourth-order valence-electron chi connectivity index (χ4n) is 6.50. The van der Waals surface area contributed by atoms with Gasteiger partial charge in [-0.3, -0.25) is 14.5 Å². The third-order valence-corrected chi connectivity index (χ3v) is 9.03. The molecule has 0 radical (unpaired) electrons. The molecule has 2 aliphatic heterocycles. The Morgan fingerprint density at radius 2 is 2.00 bits per heavy atom. The molecule has 2 amide bonds. The van der Waals surface area contributed by atoms with Gasteiger partial charge in [-0.1, -0.05) is 62.6 Å². The van der Waals surface area contributed by atoms with Crippen LogP contribution in [0.4, 0.5) is 0 Å². The highest BCUT2D eigenvalue weighted by atomic mass is 32.1. The Balaban J connectivity index is 1.37. The minimum atomic E-state index is -0.298. The third-order valence-electron chi connectivity index (χ3n) is 8.17. The molecule has 37 heavy (non-hydrogen) atoms. The van der Waals surface area contributed by atoms with Crippen molar-refractivity contribution >= 4 is 29.2 Å². The number of benzene rings is 1. The maximum atomic E-state index is 13.6. The zero-order valence-electron chi connectivity index (χ0n) is 22.0. The van der Waals surface area contributed by atoms with Crippen LogP contribution in [0.15, 0.2) is 58.5 Å². The highest BCUT2D eigenvalue weighted by Crippen LogP contribution is 2.51. The molecule has 0 saturated carbocycles. The molecule has 6 heteroatoms. The number of carbonyl (C=O) groups excluding carboxylic acids is 2. The molecule has 3 aliphatic rings. The number of nitrogens with zero attached hydrogens (tertiary/aromatic N) is 1. The van der Waals surface area contributed by atoms with Gasteiger partial charge in [-0.25, -0.2) is 0 Å². The summed E-state index contributed by atoms with van der Waals surface area (Å²) in [4.78, 5) is 29.6. The number of phenols is 1. The van der Waals surface area contributed by atoms with Crippen LogP contribution in [0.5, 0.6) is 5.75 Å². The number of ether oxygens (including phenoxy) is 1. The minimum absolute atomic E-state index is 0.00406. The highest BCUT2D eigenvalue weighted by molar-refractivity contribution is 7.09. The molecular formula is C31H37NO4S. The molecule has 4 atom stereocenters. The molecule has 2 aromatic rings. The van der Waals surface area contributed by atoms with Crippen molar-refractivity contribution in [3.05, 3.63) is 68.9 Å². The molecule has 0 unspecified atom stereocenters. The summed E-state index contributed by atoms with van der Waals surface area (Å²) < 4.78 is 6.41. The van der Waals surface area contributed by atoms with Crippen LogP contribution in [0.3, 0.4) is 0 Å². The van der Waals surface area contributed by atoms with Gasteiger partial charge in [0.1, 0.15) is 5.75 Å². The van der Waals surface area contributed by atoms with Crippen molar-refractivity contribution < 1.29 is 19.4 Å². The van der Waals surface area contributed by atoms with E-state index in [-0.39, 0.29) is 41.4 Å². The number of amides is 2. The fraction of sp³-hybridized carbons (Fsp3) is 0.484. The van der Waals surface area contributed by atoms with Crippen molar-refractivity contribution in [1.82, 2.24) is 4.90 Å². The van der Waals surface area contributed by atoms with E-state index in [0.29, 0.717) is 25.5 Å². The molecule has 3 heterocycles. The number of aromatic hydroxyl groups is 1. The quantitative estimate of drug-likeness (QED) is 0.300. The lowest BCUT2D eigenvalue weighted by molar-refractivity contribution is -0.140. The average molecular weight is 520 g/mol.